The quantitative estimate of drug-likeness (QED) is 0.544. The fourth-order valence-electron chi connectivity index (χ4n) is 1.47. The summed E-state index contributed by atoms with van der Waals surface area (Å²) in [7, 11) is 0. The van der Waals surface area contributed by atoms with Crippen molar-refractivity contribution >= 4 is 17.7 Å². The number of carbonyl (C=O) groups excluding carboxylic acids is 1. The third kappa shape index (κ3) is 4.01. The first-order valence-corrected chi connectivity index (χ1v) is 6.60. The Bertz CT molecular complexity index is 208. The molecule has 4 nitrogen and oxygen atoms in total. The molecule has 0 aromatic rings. The van der Waals surface area contributed by atoms with Crippen LogP contribution in [0.4, 0.5) is 0 Å². The van der Waals surface area contributed by atoms with Gasteiger partial charge in [0.1, 0.15) is 0 Å². The van der Waals surface area contributed by atoms with E-state index >= 15 is 0 Å². The van der Waals surface area contributed by atoms with Gasteiger partial charge < -0.3 is 16.2 Å². The summed E-state index contributed by atoms with van der Waals surface area (Å²) in [5.41, 5.74) is 5.28. The maximum Gasteiger partial charge on any atom is 0.240 e. The first kappa shape index (κ1) is 12.8. The maximum absolute atomic E-state index is 11.6. The van der Waals surface area contributed by atoms with Crippen LogP contribution in [0.1, 0.15) is 25.7 Å². The smallest absolute Gasteiger partial charge is 0.240 e. The van der Waals surface area contributed by atoms with Crippen molar-refractivity contribution in [1.82, 2.24) is 5.32 Å². The van der Waals surface area contributed by atoms with Gasteiger partial charge in [0.05, 0.1) is 5.54 Å². The van der Waals surface area contributed by atoms with E-state index in [2.05, 4.69) is 5.32 Å². The van der Waals surface area contributed by atoms with Crippen molar-refractivity contribution in [2.45, 2.75) is 31.2 Å². The number of rotatable bonds is 7. The third-order valence-electron chi connectivity index (χ3n) is 2.68. The van der Waals surface area contributed by atoms with E-state index in [1.165, 1.54) is 0 Å². The molecule has 0 radical (unpaired) electrons. The molecular formula is C10H20N2O2S. The second kappa shape index (κ2) is 6.35. The molecule has 1 amide bonds. The lowest BCUT2D eigenvalue weighted by Gasteiger charge is -2.36. The first-order valence-electron chi connectivity index (χ1n) is 5.45. The lowest BCUT2D eigenvalue weighted by Crippen LogP contribution is -2.58. The molecule has 0 heterocycles. The second-order valence-electron chi connectivity index (χ2n) is 3.96. The summed E-state index contributed by atoms with van der Waals surface area (Å²) in [6.45, 7) is 0.916. The molecule has 0 saturated heterocycles. The maximum atomic E-state index is 11.6. The summed E-state index contributed by atoms with van der Waals surface area (Å²) in [5, 5.41) is 11.4. The fourth-order valence-corrected chi connectivity index (χ4v) is 2.25. The van der Waals surface area contributed by atoms with E-state index in [1.807, 2.05) is 0 Å². The summed E-state index contributed by atoms with van der Waals surface area (Å²) in [4.78, 5) is 11.6. The van der Waals surface area contributed by atoms with Crippen LogP contribution in [0.25, 0.3) is 0 Å². The molecule has 1 saturated carbocycles. The second-order valence-corrected chi connectivity index (χ2v) is 5.18. The lowest BCUT2D eigenvalue weighted by atomic mass is 9.77. The highest BCUT2D eigenvalue weighted by Gasteiger charge is 2.39. The fraction of sp³-hybridized carbons (Fsp3) is 0.900. The molecule has 0 aromatic heterocycles. The van der Waals surface area contributed by atoms with Crippen LogP contribution in [0.3, 0.4) is 0 Å². The standard InChI is InChI=1S/C10H20N2O2S/c11-10(3-1-4-10)9(14)12-5-8-15-7-2-6-13/h13H,1-8,11H2,(H,12,14). The van der Waals surface area contributed by atoms with Gasteiger partial charge in [0.2, 0.25) is 5.91 Å². The molecule has 15 heavy (non-hydrogen) atoms. The normalized spacial score (nSPS) is 18.3. The summed E-state index contributed by atoms with van der Waals surface area (Å²) in [6.07, 6.45) is 3.52. The SMILES string of the molecule is NC1(C(=O)NCCSCCCO)CCC1. The molecule has 1 aliphatic rings. The third-order valence-corrected chi connectivity index (χ3v) is 3.75. The molecule has 1 aliphatic carbocycles. The Hall–Kier alpha value is -0.260. The molecule has 0 bridgehead atoms. The van der Waals surface area contributed by atoms with Crippen molar-refractivity contribution in [1.29, 1.82) is 0 Å². The van der Waals surface area contributed by atoms with Crippen LogP contribution >= 0.6 is 11.8 Å². The van der Waals surface area contributed by atoms with Crippen LogP contribution in [0, 0.1) is 0 Å². The Morgan fingerprint density at radius 3 is 2.73 bits per heavy atom. The van der Waals surface area contributed by atoms with Crippen molar-refractivity contribution < 1.29 is 9.90 Å². The minimum atomic E-state index is -0.574. The lowest BCUT2D eigenvalue weighted by molar-refractivity contribution is -0.129. The van der Waals surface area contributed by atoms with Gasteiger partial charge in [-0.3, -0.25) is 4.79 Å². The van der Waals surface area contributed by atoms with E-state index in [0.717, 1.165) is 37.2 Å². The summed E-state index contributed by atoms with van der Waals surface area (Å²) < 4.78 is 0. The van der Waals surface area contributed by atoms with Gasteiger partial charge in [0, 0.05) is 18.9 Å². The minimum absolute atomic E-state index is 0.00323. The molecule has 0 aliphatic heterocycles. The zero-order valence-electron chi connectivity index (χ0n) is 9.00. The number of nitrogens with two attached hydrogens (primary N) is 1. The van der Waals surface area contributed by atoms with Gasteiger partial charge in [-0.15, -0.1) is 0 Å². The van der Waals surface area contributed by atoms with Crippen LogP contribution < -0.4 is 11.1 Å². The van der Waals surface area contributed by atoms with Gasteiger partial charge in [0.15, 0.2) is 0 Å². The molecular weight excluding hydrogens is 212 g/mol. The van der Waals surface area contributed by atoms with E-state index in [4.69, 9.17) is 10.8 Å². The van der Waals surface area contributed by atoms with Gasteiger partial charge in [-0.25, -0.2) is 0 Å². The Balaban J connectivity index is 1.97. The molecule has 0 spiro atoms. The molecule has 0 aromatic carbocycles. The van der Waals surface area contributed by atoms with Gasteiger partial charge in [0.25, 0.3) is 0 Å². The predicted octanol–water partition coefficient (Wildman–Crippen LogP) is 0.0996. The number of carbonyl (C=O) groups is 1. The van der Waals surface area contributed by atoms with Crippen LogP contribution in [0.2, 0.25) is 0 Å². The summed E-state index contributed by atoms with van der Waals surface area (Å²) in [5.74, 6) is 1.83. The van der Waals surface area contributed by atoms with Crippen molar-refractivity contribution in [3.05, 3.63) is 0 Å². The molecule has 4 N–H and O–H groups in total. The van der Waals surface area contributed by atoms with Crippen LogP contribution in [0.5, 0.6) is 0 Å². The Kier molecular flexibility index (Phi) is 5.42. The van der Waals surface area contributed by atoms with E-state index in [-0.39, 0.29) is 12.5 Å². The van der Waals surface area contributed by atoms with Gasteiger partial charge >= 0.3 is 0 Å². The van der Waals surface area contributed by atoms with Crippen molar-refractivity contribution in [3.63, 3.8) is 0 Å². The van der Waals surface area contributed by atoms with E-state index < -0.39 is 5.54 Å². The zero-order valence-corrected chi connectivity index (χ0v) is 9.81. The topological polar surface area (TPSA) is 75.4 Å². The number of hydrogen-bond donors (Lipinski definition) is 3. The van der Waals surface area contributed by atoms with E-state index in [0.29, 0.717) is 6.54 Å². The van der Waals surface area contributed by atoms with E-state index in [9.17, 15) is 4.79 Å². The van der Waals surface area contributed by atoms with E-state index in [1.54, 1.807) is 11.8 Å². The Labute approximate surface area is 95.0 Å². The highest BCUT2D eigenvalue weighted by Crippen LogP contribution is 2.28. The van der Waals surface area contributed by atoms with Crippen molar-refractivity contribution in [2.24, 2.45) is 5.73 Å². The highest BCUT2D eigenvalue weighted by atomic mass is 32.2. The van der Waals surface area contributed by atoms with Crippen LogP contribution in [0.15, 0.2) is 0 Å². The molecule has 1 rings (SSSR count). The number of thioether (sulfide) groups is 1. The van der Waals surface area contributed by atoms with Gasteiger partial charge in [-0.05, 0) is 31.4 Å². The largest absolute Gasteiger partial charge is 0.396 e. The number of aliphatic hydroxyl groups excluding tert-OH is 1. The Morgan fingerprint density at radius 2 is 2.20 bits per heavy atom. The van der Waals surface area contributed by atoms with Crippen LogP contribution in [-0.2, 0) is 4.79 Å². The average molecular weight is 232 g/mol. The van der Waals surface area contributed by atoms with Gasteiger partial charge in [-0.2, -0.15) is 11.8 Å². The predicted molar refractivity (Wildman–Crippen MR) is 62.8 cm³/mol. The number of amides is 1. The summed E-state index contributed by atoms with van der Waals surface area (Å²) >= 11 is 1.74. The van der Waals surface area contributed by atoms with Gasteiger partial charge in [-0.1, -0.05) is 0 Å². The van der Waals surface area contributed by atoms with Crippen molar-refractivity contribution in [2.75, 3.05) is 24.7 Å². The van der Waals surface area contributed by atoms with Crippen molar-refractivity contribution in [3.8, 4) is 0 Å². The highest BCUT2D eigenvalue weighted by molar-refractivity contribution is 7.99. The number of nitrogens with one attached hydrogen (secondary N) is 1. The molecule has 88 valence electrons. The molecule has 0 unspecified atom stereocenters. The first-order chi connectivity index (χ1) is 7.19. The zero-order chi connectivity index (χ0) is 11.1. The number of aliphatic hydroxyl groups is 1. The number of hydrogen-bond acceptors (Lipinski definition) is 4. The molecule has 5 heteroatoms. The van der Waals surface area contributed by atoms with Crippen LogP contribution in [-0.4, -0.2) is 41.2 Å². The molecule has 0 atom stereocenters. The average Bonchev–Trinajstić information content (AvgIpc) is 2.19. The summed E-state index contributed by atoms with van der Waals surface area (Å²) in [6, 6.07) is 0. The molecule has 1 fully saturated rings. The Morgan fingerprint density at radius 1 is 1.47 bits per heavy atom. The monoisotopic (exact) mass is 232 g/mol. The minimum Gasteiger partial charge on any atom is -0.396 e.